The van der Waals surface area contributed by atoms with E-state index in [0.29, 0.717) is 30.3 Å². The molecule has 0 saturated carbocycles. The number of halogens is 3. The molecule has 2 heterocycles. The summed E-state index contributed by atoms with van der Waals surface area (Å²) in [4.78, 5) is 17.0. The summed E-state index contributed by atoms with van der Waals surface area (Å²) in [7, 11) is 0. The molecule has 0 aliphatic carbocycles. The van der Waals surface area contributed by atoms with E-state index in [1.54, 1.807) is 23.1 Å². The largest absolute Gasteiger partial charge is 0.337 e. The van der Waals surface area contributed by atoms with Crippen LogP contribution in [0.3, 0.4) is 0 Å². The number of hydrogen-bond acceptors (Lipinski definition) is 3. The van der Waals surface area contributed by atoms with E-state index in [4.69, 9.17) is 0 Å². The summed E-state index contributed by atoms with van der Waals surface area (Å²) < 4.78 is 27.7. The van der Waals surface area contributed by atoms with Gasteiger partial charge in [0.05, 0.1) is 5.56 Å². The normalized spacial score (nSPS) is 20.1. The third kappa shape index (κ3) is 4.35. The maximum atomic E-state index is 14.6. The first-order chi connectivity index (χ1) is 13.1. The Morgan fingerprint density at radius 1 is 0.964 bits per heavy atom. The fourth-order valence-electron chi connectivity index (χ4n) is 3.95. The molecule has 2 fully saturated rings. The van der Waals surface area contributed by atoms with Crippen LogP contribution in [0, 0.1) is 11.6 Å². The zero-order chi connectivity index (χ0) is 18.8. The lowest BCUT2D eigenvalue weighted by Crippen LogP contribution is -2.49. The SMILES string of the molecule is Cl.O=C(c1ccc(-c2ccc(F)cc2)cc1F)N1CCC(N2CCNCC2)C1. The molecular weight excluding hydrogens is 384 g/mol. The van der Waals surface area contributed by atoms with Crippen molar-refractivity contribution in [1.82, 2.24) is 15.1 Å². The van der Waals surface area contributed by atoms with Crippen molar-refractivity contribution >= 4 is 18.3 Å². The lowest BCUT2D eigenvalue weighted by molar-refractivity contribution is 0.0769. The van der Waals surface area contributed by atoms with Crippen LogP contribution in [0.15, 0.2) is 42.5 Å². The Kier molecular flexibility index (Phi) is 6.65. The molecule has 4 rings (SSSR count). The van der Waals surface area contributed by atoms with Crippen LogP contribution in [-0.2, 0) is 0 Å². The van der Waals surface area contributed by atoms with Crippen molar-refractivity contribution < 1.29 is 13.6 Å². The number of rotatable bonds is 3. The molecule has 2 aromatic carbocycles. The Hall–Kier alpha value is -2.02. The van der Waals surface area contributed by atoms with Gasteiger partial charge in [-0.3, -0.25) is 9.69 Å². The van der Waals surface area contributed by atoms with Gasteiger partial charge in [-0.1, -0.05) is 18.2 Å². The third-order valence-electron chi connectivity index (χ3n) is 5.50. The smallest absolute Gasteiger partial charge is 0.256 e. The van der Waals surface area contributed by atoms with E-state index < -0.39 is 5.82 Å². The monoisotopic (exact) mass is 407 g/mol. The van der Waals surface area contributed by atoms with Crippen LogP contribution in [0.1, 0.15) is 16.8 Å². The van der Waals surface area contributed by atoms with E-state index in [9.17, 15) is 13.6 Å². The molecule has 4 nitrogen and oxygen atoms in total. The van der Waals surface area contributed by atoms with Crippen molar-refractivity contribution in [1.29, 1.82) is 0 Å². The molecule has 2 aromatic rings. The first kappa shape index (κ1) is 20.7. The Morgan fingerprint density at radius 2 is 1.64 bits per heavy atom. The fraction of sp³-hybridized carbons (Fsp3) is 0.381. The number of likely N-dealkylation sites (tertiary alicyclic amines) is 1. The van der Waals surface area contributed by atoms with Gasteiger partial charge in [-0.05, 0) is 41.8 Å². The highest BCUT2D eigenvalue weighted by Crippen LogP contribution is 2.25. The number of carbonyl (C=O) groups is 1. The van der Waals surface area contributed by atoms with Crippen molar-refractivity contribution in [2.75, 3.05) is 39.3 Å². The summed E-state index contributed by atoms with van der Waals surface area (Å²) in [6.45, 7) is 5.25. The van der Waals surface area contributed by atoms with Crippen LogP contribution in [0.5, 0.6) is 0 Å². The Balaban J connectivity index is 0.00000225. The van der Waals surface area contributed by atoms with Crippen LogP contribution in [0.25, 0.3) is 11.1 Å². The maximum absolute atomic E-state index is 14.6. The summed E-state index contributed by atoms with van der Waals surface area (Å²) in [5.74, 6) is -1.12. The van der Waals surface area contributed by atoms with Crippen molar-refractivity contribution in [2.45, 2.75) is 12.5 Å². The summed E-state index contributed by atoms with van der Waals surface area (Å²) in [5.41, 5.74) is 1.44. The van der Waals surface area contributed by atoms with Crippen molar-refractivity contribution in [3.05, 3.63) is 59.7 Å². The fourth-order valence-corrected chi connectivity index (χ4v) is 3.95. The average Bonchev–Trinajstić information content (AvgIpc) is 3.19. The second kappa shape index (κ2) is 8.99. The Labute approximate surface area is 169 Å². The van der Waals surface area contributed by atoms with E-state index in [2.05, 4.69) is 10.2 Å². The Morgan fingerprint density at radius 3 is 2.32 bits per heavy atom. The first-order valence-corrected chi connectivity index (χ1v) is 9.41. The topological polar surface area (TPSA) is 35.6 Å². The van der Waals surface area contributed by atoms with E-state index in [0.717, 1.165) is 32.6 Å². The number of amides is 1. The molecule has 2 aliphatic rings. The van der Waals surface area contributed by atoms with Crippen LogP contribution >= 0.6 is 12.4 Å². The first-order valence-electron chi connectivity index (χ1n) is 9.41. The van der Waals surface area contributed by atoms with E-state index >= 15 is 0 Å². The minimum absolute atomic E-state index is 0. The van der Waals surface area contributed by atoms with Gasteiger partial charge in [-0.15, -0.1) is 12.4 Å². The van der Waals surface area contributed by atoms with E-state index in [-0.39, 0.29) is 29.7 Å². The van der Waals surface area contributed by atoms with Crippen molar-refractivity contribution in [3.63, 3.8) is 0 Å². The third-order valence-corrected chi connectivity index (χ3v) is 5.50. The molecule has 0 bridgehead atoms. The molecular formula is C21H24ClF2N3O. The second-order valence-corrected chi connectivity index (χ2v) is 7.18. The molecule has 1 N–H and O–H groups in total. The lowest BCUT2D eigenvalue weighted by Gasteiger charge is -2.32. The van der Waals surface area contributed by atoms with Gasteiger partial charge >= 0.3 is 0 Å². The predicted octanol–water partition coefficient (Wildman–Crippen LogP) is 3.17. The van der Waals surface area contributed by atoms with E-state index in [1.165, 1.54) is 24.3 Å². The van der Waals surface area contributed by atoms with Gasteiger partial charge in [0.1, 0.15) is 11.6 Å². The predicted molar refractivity (Wildman–Crippen MR) is 108 cm³/mol. The number of hydrogen-bond donors (Lipinski definition) is 1. The molecule has 2 saturated heterocycles. The average molecular weight is 408 g/mol. The van der Waals surface area contributed by atoms with E-state index in [1.807, 2.05) is 0 Å². The number of benzene rings is 2. The Bertz CT molecular complexity index is 825. The highest BCUT2D eigenvalue weighted by atomic mass is 35.5. The van der Waals surface area contributed by atoms with Crippen molar-refractivity contribution in [3.8, 4) is 11.1 Å². The van der Waals surface area contributed by atoms with Gasteiger partial charge in [0.15, 0.2) is 0 Å². The molecule has 1 atom stereocenters. The molecule has 150 valence electrons. The molecule has 28 heavy (non-hydrogen) atoms. The minimum Gasteiger partial charge on any atom is -0.337 e. The highest BCUT2D eigenvalue weighted by molar-refractivity contribution is 5.95. The maximum Gasteiger partial charge on any atom is 0.256 e. The van der Waals surface area contributed by atoms with Gasteiger partial charge in [0, 0.05) is 45.3 Å². The van der Waals surface area contributed by atoms with Gasteiger partial charge in [0.2, 0.25) is 0 Å². The molecule has 0 spiro atoms. The van der Waals surface area contributed by atoms with Crippen LogP contribution < -0.4 is 5.32 Å². The van der Waals surface area contributed by atoms with Crippen molar-refractivity contribution in [2.24, 2.45) is 0 Å². The summed E-state index contributed by atoms with van der Waals surface area (Å²) in [5, 5.41) is 3.33. The molecule has 1 amide bonds. The highest BCUT2D eigenvalue weighted by Gasteiger charge is 2.32. The summed E-state index contributed by atoms with van der Waals surface area (Å²) in [6, 6.07) is 10.8. The lowest BCUT2D eigenvalue weighted by atomic mass is 10.0. The molecule has 0 radical (unpaired) electrons. The second-order valence-electron chi connectivity index (χ2n) is 7.18. The summed E-state index contributed by atoms with van der Waals surface area (Å²) in [6.07, 6.45) is 0.932. The van der Waals surface area contributed by atoms with Crippen LogP contribution in [0.4, 0.5) is 8.78 Å². The van der Waals surface area contributed by atoms with Crippen LogP contribution in [-0.4, -0.2) is 61.0 Å². The standard InChI is InChI=1S/C21H23F2N3O.ClH/c22-17-4-1-15(2-5-17)16-3-6-19(20(23)13-16)21(27)26-10-7-18(14-26)25-11-8-24-9-12-25;/h1-6,13,18,24H,7-12,14H2;1H. The number of nitrogens with zero attached hydrogens (tertiary/aromatic N) is 2. The van der Waals surface area contributed by atoms with Gasteiger partial charge in [0.25, 0.3) is 5.91 Å². The minimum atomic E-state index is -0.535. The van der Waals surface area contributed by atoms with Crippen LogP contribution in [0.2, 0.25) is 0 Å². The zero-order valence-corrected chi connectivity index (χ0v) is 16.4. The zero-order valence-electron chi connectivity index (χ0n) is 15.5. The number of carbonyl (C=O) groups excluding carboxylic acids is 1. The molecule has 7 heteroatoms. The quantitative estimate of drug-likeness (QED) is 0.848. The van der Waals surface area contributed by atoms with Gasteiger partial charge in [-0.25, -0.2) is 8.78 Å². The molecule has 1 unspecified atom stereocenters. The molecule has 2 aliphatic heterocycles. The molecule has 0 aromatic heterocycles. The summed E-state index contributed by atoms with van der Waals surface area (Å²) >= 11 is 0. The van der Waals surface area contributed by atoms with Gasteiger partial charge in [-0.2, -0.15) is 0 Å². The number of nitrogens with one attached hydrogen (secondary N) is 1. The van der Waals surface area contributed by atoms with Gasteiger partial charge < -0.3 is 10.2 Å². The number of piperazine rings is 1.